The van der Waals surface area contributed by atoms with Crippen molar-refractivity contribution in [2.45, 2.75) is 83.8 Å². The van der Waals surface area contributed by atoms with Crippen LogP contribution in [0.5, 0.6) is 0 Å². The van der Waals surface area contributed by atoms with E-state index in [1.54, 1.807) is 0 Å². The molecule has 1 N–H and O–H groups in total. The topological polar surface area (TPSA) is 15.3 Å². The first kappa shape index (κ1) is 14.8. The number of hydrogen-bond acceptors (Lipinski definition) is 2. The summed E-state index contributed by atoms with van der Waals surface area (Å²) in [6.07, 6.45) is 10.2. The van der Waals surface area contributed by atoms with Crippen molar-refractivity contribution < 1.29 is 0 Å². The molecule has 0 aromatic carbocycles. The summed E-state index contributed by atoms with van der Waals surface area (Å²) < 4.78 is 0. The lowest BCUT2D eigenvalue weighted by molar-refractivity contribution is 0.0439. The van der Waals surface area contributed by atoms with Gasteiger partial charge in [-0.3, -0.25) is 4.90 Å². The molecule has 3 aliphatic rings. The molecule has 1 aliphatic heterocycles. The Labute approximate surface area is 125 Å². The van der Waals surface area contributed by atoms with Crippen LogP contribution in [0.1, 0.15) is 65.7 Å². The van der Waals surface area contributed by atoms with Crippen LogP contribution in [-0.2, 0) is 0 Å². The fourth-order valence-corrected chi connectivity index (χ4v) is 4.47. The molecule has 0 bridgehead atoms. The van der Waals surface area contributed by atoms with Gasteiger partial charge < -0.3 is 5.32 Å². The van der Waals surface area contributed by atoms with Gasteiger partial charge in [0.1, 0.15) is 0 Å². The Morgan fingerprint density at radius 3 is 2.50 bits per heavy atom. The van der Waals surface area contributed by atoms with E-state index in [1.165, 1.54) is 58.0 Å². The molecule has 116 valence electrons. The Bertz CT molecular complexity index is 311. The number of nitrogens with one attached hydrogen (secondary N) is 1. The largest absolute Gasteiger partial charge is 0.311 e. The molecule has 2 aliphatic carbocycles. The van der Waals surface area contributed by atoms with Crippen molar-refractivity contribution in [3.05, 3.63) is 0 Å². The van der Waals surface area contributed by atoms with Gasteiger partial charge in [-0.15, -0.1) is 0 Å². The van der Waals surface area contributed by atoms with Gasteiger partial charge >= 0.3 is 0 Å². The molecule has 3 rings (SSSR count). The number of hydrogen-bond donors (Lipinski definition) is 1. The molecular weight excluding hydrogens is 244 g/mol. The second-order valence-corrected chi connectivity index (χ2v) is 8.13. The van der Waals surface area contributed by atoms with Crippen molar-refractivity contribution >= 4 is 0 Å². The minimum atomic E-state index is 0.767. The smallest absolute Gasteiger partial charge is 0.0247 e. The highest BCUT2D eigenvalue weighted by atomic mass is 15.3. The highest BCUT2D eigenvalue weighted by molar-refractivity contribution is 4.97. The third-order valence-electron chi connectivity index (χ3n) is 6.08. The first-order valence-corrected chi connectivity index (χ1v) is 9.14. The van der Waals surface area contributed by atoms with Crippen LogP contribution in [0.4, 0.5) is 0 Å². The maximum Gasteiger partial charge on any atom is 0.0247 e. The highest BCUT2D eigenvalue weighted by Crippen LogP contribution is 2.37. The molecule has 2 heteroatoms. The zero-order valence-electron chi connectivity index (χ0n) is 13.8. The Balaban J connectivity index is 1.67. The van der Waals surface area contributed by atoms with E-state index in [0.29, 0.717) is 0 Å². The van der Waals surface area contributed by atoms with Gasteiger partial charge in [0, 0.05) is 31.2 Å². The summed E-state index contributed by atoms with van der Waals surface area (Å²) in [5.41, 5.74) is 0. The van der Waals surface area contributed by atoms with Crippen molar-refractivity contribution in [3.8, 4) is 0 Å². The summed E-state index contributed by atoms with van der Waals surface area (Å²) in [4.78, 5) is 2.93. The Hall–Kier alpha value is -0.0800. The minimum absolute atomic E-state index is 0.767. The van der Waals surface area contributed by atoms with Crippen LogP contribution in [0.25, 0.3) is 0 Å². The lowest BCUT2D eigenvalue weighted by Gasteiger charge is -2.46. The third-order valence-corrected chi connectivity index (χ3v) is 6.08. The molecular formula is C18H34N2. The van der Waals surface area contributed by atoms with Crippen LogP contribution in [0.3, 0.4) is 0 Å². The molecule has 2 saturated carbocycles. The molecule has 0 aromatic heterocycles. The monoisotopic (exact) mass is 278 g/mol. The van der Waals surface area contributed by atoms with Crippen LogP contribution in [0.15, 0.2) is 0 Å². The number of piperazine rings is 1. The van der Waals surface area contributed by atoms with Gasteiger partial charge in [0.05, 0.1) is 0 Å². The summed E-state index contributed by atoms with van der Waals surface area (Å²) in [7, 11) is 0. The molecule has 1 saturated heterocycles. The van der Waals surface area contributed by atoms with Gasteiger partial charge in [0.2, 0.25) is 0 Å². The van der Waals surface area contributed by atoms with Crippen LogP contribution < -0.4 is 5.32 Å². The van der Waals surface area contributed by atoms with Crippen LogP contribution in [0, 0.1) is 17.8 Å². The normalized spacial score (nSPS) is 40.8. The number of rotatable bonds is 3. The molecule has 4 atom stereocenters. The van der Waals surface area contributed by atoms with Crippen molar-refractivity contribution in [3.63, 3.8) is 0 Å². The predicted octanol–water partition coefficient (Wildman–Crippen LogP) is 3.66. The second-order valence-electron chi connectivity index (χ2n) is 8.13. The SMILES string of the molecule is CC1CCCC(N2CC(C3CC3)NCC2C(C)C)CC1. The van der Waals surface area contributed by atoms with Gasteiger partial charge in [0.15, 0.2) is 0 Å². The lowest BCUT2D eigenvalue weighted by atomic mass is 9.92. The average Bonchev–Trinajstić information content (AvgIpc) is 3.25. The van der Waals surface area contributed by atoms with Crippen LogP contribution in [0.2, 0.25) is 0 Å². The number of nitrogens with zero attached hydrogens (tertiary/aromatic N) is 1. The predicted molar refractivity (Wildman–Crippen MR) is 85.9 cm³/mol. The molecule has 2 nitrogen and oxygen atoms in total. The molecule has 0 spiro atoms. The zero-order valence-corrected chi connectivity index (χ0v) is 13.8. The van der Waals surface area contributed by atoms with Gasteiger partial charge in [-0.2, -0.15) is 0 Å². The quantitative estimate of drug-likeness (QED) is 0.793. The molecule has 0 amide bonds. The van der Waals surface area contributed by atoms with Crippen molar-refractivity contribution in [1.82, 2.24) is 10.2 Å². The second kappa shape index (κ2) is 6.36. The Kier molecular flexibility index (Phi) is 4.72. The molecule has 0 radical (unpaired) electrons. The standard InChI is InChI=1S/C18H34N2/c1-13(2)18-11-19-17(15-8-9-15)12-20(18)16-6-4-5-14(3)7-10-16/h13-19H,4-12H2,1-3H3. The maximum absolute atomic E-state index is 3.86. The third kappa shape index (κ3) is 3.39. The maximum atomic E-state index is 3.86. The fraction of sp³-hybridized carbons (Fsp3) is 1.00. The van der Waals surface area contributed by atoms with E-state index in [-0.39, 0.29) is 0 Å². The lowest BCUT2D eigenvalue weighted by Crippen LogP contribution is -2.61. The van der Waals surface area contributed by atoms with Gasteiger partial charge in [-0.25, -0.2) is 0 Å². The first-order chi connectivity index (χ1) is 9.65. The van der Waals surface area contributed by atoms with Gasteiger partial charge in [-0.05, 0) is 49.9 Å². The van der Waals surface area contributed by atoms with E-state index >= 15 is 0 Å². The van der Waals surface area contributed by atoms with E-state index in [1.807, 2.05) is 0 Å². The van der Waals surface area contributed by atoms with Crippen LogP contribution in [-0.4, -0.2) is 36.1 Å². The summed E-state index contributed by atoms with van der Waals surface area (Å²) in [6.45, 7) is 9.83. The summed E-state index contributed by atoms with van der Waals surface area (Å²) >= 11 is 0. The molecule has 1 heterocycles. The molecule has 4 unspecified atom stereocenters. The van der Waals surface area contributed by atoms with E-state index in [0.717, 1.165) is 35.9 Å². The zero-order chi connectivity index (χ0) is 14.1. The Morgan fingerprint density at radius 2 is 1.80 bits per heavy atom. The summed E-state index contributed by atoms with van der Waals surface area (Å²) in [6, 6.07) is 2.43. The van der Waals surface area contributed by atoms with Crippen molar-refractivity contribution in [2.24, 2.45) is 17.8 Å². The minimum Gasteiger partial charge on any atom is -0.311 e. The van der Waals surface area contributed by atoms with Crippen molar-refractivity contribution in [2.75, 3.05) is 13.1 Å². The van der Waals surface area contributed by atoms with Crippen molar-refractivity contribution in [1.29, 1.82) is 0 Å². The van der Waals surface area contributed by atoms with Gasteiger partial charge in [0.25, 0.3) is 0 Å². The van der Waals surface area contributed by atoms with E-state index in [2.05, 4.69) is 31.0 Å². The fourth-order valence-electron chi connectivity index (χ4n) is 4.47. The van der Waals surface area contributed by atoms with Gasteiger partial charge in [-0.1, -0.05) is 33.6 Å². The highest BCUT2D eigenvalue weighted by Gasteiger charge is 2.40. The molecule has 3 fully saturated rings. The average molecular weight is 278 g/mol. The first-order valence-electron chi connectivity index (χ1n) is 9.14. The van der Waals surface area contributed by atoms with E-state index in [9.17, 15) is 0 Å². The van der Waals surface area contributed by atoms with E-state index < -0.39 is 0 Å². The Morgan fingerprint density at radius 1 is 1.00 bits per heavy atom. The van der Waals surface area contributed by atoms with E-state index in [4.69, 9.17) is 0 Å². The molecule has 20 heavy (non-hydrogen) atoms. The summed E-state index contributed by atoms with van der Waals surface area (Å²) in [5.74, 6) is 2.73. The summed E-state index contributed by atoms with van der Waals surface area (Å²) in [5, 5.41) is 3.86. The van der Waals surface area contributed by atoms with Crippen LogP contribution >= 0.6 is 0 Å². The molecule has 0 aromatic rings.